The van der Waals surface area contributed by atoms with E-state index in [0.29, 0.717) is 36.1 Å². The minimum atomic E-state index is -0.395. The Morgan fingerprint density at radius 2 is 2.00 bits per heavy atom. The van der Waals surface area contributed by atoms with E-state index in [2.05, 4.69) is 39.9 Å². The van der Waals surface area contributed by atoms with Crippen molar-refractivity contribution in [2.24, 2.45) is 16.7 Å². The fraction of sp³-hybridized carbons (Fsp3) is 1.00. The molecule has 2 N–H and O–H groups in total. The Kier molecular flexibility index (Phi) is 4.29. The standard InChI is InChI=1S/C16H31NO2/c1-11(2)17-9-13(18)10-19-14-8-12-6-7-16(14,5)15(12,3)4/h11-14,17-18H,6-10H2,1-5H3. The van der Waals surface area contributed by atoms with Crippen LogP contribution in [0.3, 0.4) is 0 Å². The highest BCUT2D eigenvalue weighted by atomic mass is 16.5. The molecule has 0 aromatic rings. The molecule has 2 rings (SSSR count). The summed E-state index contributed by atoms with van der Waals surface area (Å²) in [6, 6.07) is 0.411. The summed E-state index contributed by atoms with van der Waals surface area (Å²) in [6.07, 6.45) is 3.73. The van der Waals surface area contributed by atoms with Crippen LogP contribution < -0.4 is 5.32 Å². The van der Waals surface area contributed by atoms with Crippen LogP contribution in [0.25, 0.3) is 0 Å². The minimum absolute atomic E-state index is 0.295. The van der Waals surface area contributed by atoms with E-state index in [0.717, 1.165) is 5.92 Å². The van der Waals surface area contributed by atoms with Crippen LogP contribution in [-0.4, -0.2) is 36.5 Å². The van der Waals surface area contributed by atoms with Crippen LogP contribution in [0.5, 0.6) is 0 Å². The van der Waals surface area contributed by atoms with Crippen LogP contribution in [0, 0.1) is 16.7 Å². The monoisotopic (exact) mass is 269 g/mol. The van der Waals surface area contributed by atoms with Crippen molar-refractivity contribution >= 4 is 0 Å². The van der Waals surface area contributed by atoms with Crippen LogP contribution >= 0.6 is 0 Å². The van der Waals surface area contributed by atoms with Crippen molar-refractivity contribution in [1.29, 1.82) is 0 Å². The van der Waals surface area contributed by atoms with Gasteiger partial charge in [-0.3, -0.25) is 0 Å². The van der Waals surface area contributed by atoms with Crippen molar-refractivity contribution < 1.29 is 9.84 Å². The Bertz CT molecular complexity index is 316. The molecule has 0 spiro atoms. The zero-order valence-electron chi connectivity index (χ0n) is 13.2. The van der Waals surface area contributed by atoms with Gasteiger partial charge in [0.05, 0.1) is 18.8 Å². The maximum atomic E-state index is 9.96. The third-order valence-electron chi connectivity index (χ3n) is 5.97. The smallest absolute Gasteiger partial charge is 0.0897 e. The number of hydrogen-bond donors (Lipinski definition) is 2. The molecule has 0 aromatic heterocycles. The number of aliphatic hydroxyl groups is 1. The van der Waals surface area contributed by atoms with Crippen molar-refractivity contribution in [3.63, 3.8) is 0 Å². The van der Waals surface area contributed by atoms with Gasteiger partial charge in [0.2, 0.25) is 0 Å². The molecule has 4 atom stereocenters. The normalized spacial score (nSPS) is 38.1. The van der Waals surface area contributed by atoms with E-state index >= 15 is 0 Å². The highest BCUT2D eigenvalue weighted by molar-refractivity contribution is 5.11. The molecule has 0 heterocycles. The Balaban J connectivity index is 1.82. The number of fused-ring (bicyclic) bond motifs is 2. The Morgan fingerprint density at radius 3 is 2.47 bits per heavy atom. The van der Waals surface area contributed by atoms with Crippen LogP contribution in [0.15, 0.2) is 0 Å². The largest absolute Gasteiger partial charge is 0.389 e. The highest BCUT2D eigenvalue weighted by Crippen LogP contribution is 2.66. The van der Waals surface area contributed by atoms with E-state index in [1.165, 1.54) is 19.3 Å². The van der Waals surface area contributed by atoms with Crippen molar-refractivity contribution in [1.82, 2.24) is 5.32 Å². The molecule has 3 nitrogen and oxygen atoms in total. The molecule has 2 aliphatic rings. The van der Waals surface area contributed by atoms with Crippen LogP contribution in [0.1, 0.15) is 53.9 Å². The lowest BCUT2D eigenvalue weighted by Gasteiger charge is -2.39. The van der Waals surface area contributed by atoms with Crippen LogP contribution in [0.4, 0.5) is 0 Å². The third kappa shape index (κ3) is 2.70. The molecule has 2 fully saturated rings. The topological polar surface area (TPSA) is 41.5 Å². The first-order valence-electron chi connectivity index (χ1n) is 7.80. The molecule has 0 radical (unpaired) electrons. The van der Waals surface area contributed by atoms with Gasteiger partial charge in [-0.05, 0) is 36.0 Å². The third-order valence-corrected chi connectivity index (χ3v) is 5.97. The summed E-state index contributed by atoms with van der Waals surface area (Å²) in [6.45, 7) is 12.4. The van der Waals surface area contributed by atoms with Crippen molar-refractivity contribution in [2.75, 3.05) is 13.2 Å². The summed E-state index contributed by atoms with van der Waals surface area (Å²) in [5, 5.41) is 13.2. The molecule has 2 saturated carbocycles. The van der Waals surface area contributed by atoms with Crippen LogP contribution in [-0.2, 0) is 4.74 Å². The molecule has 112 valence electrons. The predicted molar refractivity (Wildman–Crippen MR) is 78.1 cm³/mol. The maximum Gasteiger partial charge on any atom is 0.0897 e. The first kappa shape index (κ1) is 15.3. The van der Waals surface area contributed by atoms with Gasteiger partial charge in [-0.25, -0.2) is 0 Å². The molecular formula is C16H31NO2. The number of rotatable bonds is 6. The second-order valence-corrected chi connectivity index (χ2v) is 7.65. The van der Waals surface area contributed by atoms with Gasteiger partial charge in [0.25, 0.3) is 0 Å². The Morgan fingerprint density at radius 1 is 1.32 bits per heavy atom. The van der Waals surface area contributed by atoms with Crippen molar-refractivity contribution in [2.45, 2.75) is 72.1 Å². The Hall–Kier alpha value is -0.120. The molecule has 4 unspecified atom stereocenters. The maximum absolute atomic E-state index is 9.96. The minimum Gasteiger partial charge on any atom is -0.389 e. The molecule has 2 aliphatic carbocycles. The zero-order valence-corrected chi connectivity index (χ0v) is 13.2. The van der Waals surface area contributed by atoms with Gasteiger partial charge < -0.3 is 15.2 Å². The van der Waals surface area contributed by atoms with E-state index in [-0.39, 0.29) is 0 Å². The highest BCUT2D eigenvalue weighted by Gasteiger charge is 2.61. The van der Waals surface area contributed by atoms with Crippen LogP contribution in [0.2, 0.25) is 0 Å². The Labute approximate surface area is 118 Å². The zero-order chi connectivity index (χ0) is 14.3. The number of nitrogens with one attached hydrogen (secondary N) is 1. The van der Waals surface area contributed by atoms with Crippen molar-refractivity contribution in [3.05, 3.63) is 0 Å². The lowest BCUT2D eigenvalue weighted by molar-refractivity contribution is -0.0743. The SMILES string of the molecule is CC(C)NCC(O)COC1CC2CCC1(C)C2(C)C. The molecule has 3 heteroatoms. The van der Waals surface area contributed by atoms with Gasteiger partial charge in [0, 0.05) is 12.6 Å². The van der Waals surface area contributed by atoms with Gasteiger partial charge >= 0.3 is 0 Å². The molecule has 0 saturated heterocycles. The fourth-order valence-corrected chi connectivity index (χ4v) is 4.04. The summed E-state index contributed by atoms with van der Waals surface area (Å²) in [4.78, 5) is 0. The van der Waals surface area contributed by atoms with E-state index in [4.69, 9.17) is 4.74 Å². The summed E-state index contributed by atoms with van der Waals surface area (Å²) in [7, 11) is 0. The van der Waals surface area contributed by atoms with E-state index in [1.807, 2.05) is 0 Å². The number of aliphatic hydroxyl groups excluding tert-OH is 1. The molecule has 0 amide bonds. The molecule has 2 bridgehead atoms. The average molecular weight is 269 g/mol. The van der Waals surface area contributed by atoms with Gasteiger partial charge in [-0.15, -0.1) is 0 Å². The van der Waals surface area contributed by atoms with E-state index in [9.17, 15) is 5.11 Å². The van der Waals surface area contributed by atoms with Gasteiger partial charge in [-0.1, -0.05) is 34.6 Å². The van der Waals surface area contributed by atoms with Crippen molar-refractivity contribution in [3.8, 4) is 0 Å². The molecular weight excluding hydrogens is 238 g/mol. The second-order valence-electron chi connectivity index (χ2n) is 7.65. The van der Waals surface area contributed by atoms with E-state index in [1.54, 1.807) is 0 Å². The number of hydrogen-bond acceptors (Lipinski definition) is 3. The number of ether oxygens (including phenoxy) is 1. The summed E-state index contributed by atoms with van der Waals surface area (Å²) < 4.78 is 6.08. The first-order valence-corrected chi connectivity index (χ1v) is 7.80. The summed E-state index contributed by atoms with van der Waals surface area (Å²) >= 11 is 0. The average Bonchev–Trinajstić information content (AvgIpc) is 2.66. The summed E-state index contributed by atoms with van der Waals surface area (Å²) in [5.41, 5.74) is 0.682. The lowest BCUT2D eigenvalue weighted by atomic mass is 9.70. The fourth-order valence-electron chi connectivity index (χ4n) is 4.04. The lowest BCUT2D eigenvalue weighted by Crippen LogP contribution is -2.40. The molecule has 0 aliphatic heterocycles. The van der Waals surface area contributed by atoms with Gasteiger partial charge in [0.15, 0.2) is 0 Å². The first-order chi connectivity index (χ1) is 8.77. The summed E-state index contributed by atoms with van der Waals surface area (Å²) in [5.74, 6) is 0.799. The van der Waals surface area contributed by atoms with Gasteiger partial charge in [-0.2, -0.15) is 0 Å². The molecule has 0 aromatic carbocycles. The predicted octanol–water partition coefficient (Wildman–Crippen LogP) is 2.58. The second kappa shape index (κ2) is 5.34. The molecule has 19 heavy (non-hydrogen) atoms. The quantitative estimate of drug-likeness (QED) is 0.779. The van der Waals surface area contributed by atoms with Gasteiger partial charge in [0.1, 0.15) is 0 Å². The van der Waals surface area contributed by atoms with E-state index < -0.39 is 6.10 Å².